The van der Waals surface area contributed by atoms with Crippen molar-refractivity contribution >= 4 is 0 Å². The Balaban J connectivity index is 2.10. The fourth-order valence-corrected chi connectivity index (χ4v) is 1.08. The van der Waals surface area contributed by atoms with E-state index in [-0.39, 0.29) is 0 Å². The van der Waals surface area contributed by atoms with Crippen molar-refractivity contribution < 1.29 is 0 Å². The molecular weight excluding hydrogens is 174 g/mol. The molecule has 1 heterocycles. The van der Waals surface area contributed by atoms with Crippen molar-refractivity contribution in [2.45, 2.75) is 6.54 Å². The monoisotopic (exact) mass is 191 g/mol. The summed E-state index contributed by atoms with van der Waals surface area (Å²) in [6.07, 6.45) is 7.86. The average molecular weight is 191 g/mol. The molecule has 3 heteroatoms. The summed E-state index contributed by atoms with van der Waals surface area (Å²) in [4.78, 5) is 3.96. The van der Waals surface area contributed by atoms with Gasteiger partial charge in [0.15, 0.2) is 0 Å². The van der Waals surface area contributed by atoms with E-state index in [4.69, 9.17) is 0 Å². The van der Waals surface area contributed by atoms with E-state index in [1.54, 1.807) is 0 Å². The highest BCUT2D eigenvalue weighted by molar-refractivity contribution is 5.09. The van der Waals surface area contributed by atoms with Crippen LogP contribution in [0, 0.1) is 0 Å². The van der Waals surface area contributed by atoms with Gasteiger partial charge in [-0.2, -0.15) is 0 Å². The average Bonchev–Trinajstić information content (AvgIpc) is 2.25. The highest BCUT2D eigenvalue weighted by atomic mass is 14.8. The van der Waals surface area contributed by atoms with Crippen molar-refractivity contribution in [2.24, 2.45) is 0 Å². The molecule has 0 amide bonds. The standard InChI is InChI=1S/C11H17N3/c1-12-6-2-3-7-14-10-11-4-8-13-9-5-11/h2-5,8-9,12,14H,6-7,10H2,1H3/b3-2+. The zero-order chi connectivity index (χ0) is 10.1. The van der Waals surface area contributed by atoms with Gasteiger partial charge < -0.3 is 10.6 Å². The lowest BCUT2D eigenvalue weighted by molar-refractivity contribution is 0.756. The van der Waals surface area contributed by atoms with Crippen LogP contribution in [-0.2, 0) is 6.54 Å². The summed E-state index contributed by atoms with van der Waals surface area (Å²) in [5.74, 6) is 0. The molecule has 0 aromatic carbocycles. The van der Waals surface area contributed by atoms with E-state index in [1.807, 2.05) is 31.6 Å². The van der Waals surface area contributed by atoms with Gasteiger partial charge in [-0.05, 0) is 24.7 Å². The van der Waals surface area contributed by atoms with Gasteiger partial charge in [0.1, 0.15) is 0 Å². The molecule has 1 aromatic rings. The van der Waals surface area contributed by atoms with E-state index >= 15 is 0 Å². The van der Waals surface area contributed by atoms with Gasteiger partial charge in [0.25, 0.3) is 0 Å². The van der Waals surface area contributed by atoms with Crippen LogP contribution in [0.4, 0.5) is 0 Å². The molecule has 0 aliphatic carbocycles. The van der Waals surface area contributed by atoms with E-state index in [9.17, 15) is 0 Å². The second-order valence-electron chi connectivity index (χ2n) is 3.02. The van der Waals surface area contributed by atoms with Gasteiger partial charge in [0, 0.05) is 32.0 Å². The van der Waals surface area contributed by atoms with Gasteiger partial charge in [0.2, 0.25) is 0 Å². The minimum absolute atomic E-state index is 0.895. The maximum Gasteiger partial charge on any atom is 0.0271 e. The van der Waals surface area contributed by atoms with Crippen LogP contribution >= 0.6 is 0 Å². The Morgan fingerprint density at radius 2 is 1.93 bits per heavy atom. The van der Waals surface area contributed by atoms with E-state index in [0.717, 1.165) is 19.6 Å². The number of hydrogen-bond donors (Lipinski definition) is 2. The maximum atomic E-state index is 3.96. The molecule has 3 nitrogen and oxygen atoms in total. The predicted molar refractivity (Wildman–Crippen MR) is 59.0 cm³/mol. The molecule has 0 aliphatic rings. The van der Waals surface area contributed by atoms with E-state index in [1.165, 1.54) is 5.56 Å². The van der Waals surface area contributed by atoms with Gasteiger partial charge in [-0.25, -0.2) is 0 Å². The van der Waals surface area contributed by atoms with Crippen LogP contribution < -0.4 is 10.6 Å². The zero-order valence-electron chi connectivity index (χ0n) is 8.53. The molecule has 0 aliphatic heterocycles. The molecular formula is C11H17N3. The van der Waals surface area contributed by atoms with Gasteiger partial charge in [0.05, 0.1) is 0 Å². The first-order valence-corrected chi connectivity index (χ1v) is 4.82. The molecule has 0 atom stereocenters. The molecule has 1 aromatic heterocycles. The predicted octanol–water partition coefficient (Wildman–Crippen LogP) is 0.947. The molecule has 14 heavy (non-hydrogen) atoms. The number of nitrogens with one attached hydrogen (secondary N) is 2. The highest BCUT2D eigenvalue weighted by Gasteiger charge is 1.87. The van der Waals surface area contributed by atoms with Gasteiger partial charge in [-0.1, -0.05) is 12.2 Å². The van der Waals surface area contributed by atoms with Crippen LogP contribution in [-0.4, -0.2) is 25.1 Å². The molecule has 2 N–H and O–H groups in total. The second-order valence-corrected chi connectivity index (χ2v) is 3.02. The highest BCUT2D eigenvalue weighted by Crippen LogP contribution is 1.93. The van der Waals surface area contributed by atoms with Gasteiger partial charge in [-0.15, -0.1) is 0 Å². The number of hydrogen-bond acceptors (Lipinski definition) is 3. The topological polar surface area (TPSA) is 37.0 Å². The number of nitrogens with zero attached hydrogens (tertiary/aromatic N) is 1. The molecule has 76 valence electrons. The van der Waals surface area contributed by atoms with Crippen LogP contribution in [0.25, 0.3) is 0 Å². The summed E-state index contributed by atoms with van der Waals surface area (Å²) in [5, 5.41) is 6.37. The maximum absolute atomic E-state index is 3.96. The second kappa shape index (κ2) is 7.24. The first-order chi connectivity index (χ1) is 6.93. The van der Waals surface area contributed by atoms with Crippen molar-refractivity contribution in [2.75, 3.05) is 20.1 Å². The quantitative estimate of drug-likeness (QED) is 0.519. The fraction of sp³-hybridized carbons (Fsp3) is 0.364. The van der Waals surface area contributed by atoms with Crippen molar-refractivity contribution in [3.63, 3.8) is 0 Å². The van der Waals surface area contributed by atoms with E-state index in [0.29, 0.717) is 0 Å². The Bertz CT molecular complexity index is 256. The number of pyridine rings is 1. The van der Waals surface area contributed by atoms with E-state index in [2.05, 4.69) is 27.8 Å². The lowest BCUT2D eigenvalue weighted by atomic mass is 10.3. The number of aromatic nitrogens is 1. The normalized spacial score (nSPS) is 10.9. The summed E-state index contributed by atoms with van der Waals surface area (Å²) in [6.45, 7) is 2.73. The minimum Gasteiger partial charge on any atom is -0.316 e. The van der Waals surface area contributed by atoms with Crippen molar-refractivity contribution in [3.8, 4) is 0 Å². The fourth-order valence-electron chi connectivity index (χ4n) is 1.08. The third-order valence-electron chi connectivity index (χ3n) is 1.83. The lowest BCUT2D eigenvalue weighted by Crippen LogP contribution is -2.13. The summed E-state index contributed by atoms with van der Waals surface area (Å²) < 4.78 is 0. The molecule has 0 unspecified atom stereocenters. The van der Waals surface area contributed by atoms with Crippen molar-refractivity contribution in [3.05, 3.63) is 42.2 Å². The largest absolute Gasteiger partial charge is 0.316 e. The van der Waals surface area contributed by atoms with Gasteiger partial charge >= 0.3 is 0 Å². The van der Waals surface area contributed by atoms with Crippen LogP contribution in [0.2, 0.25) is 0 Å². The zero-order valence-corrected chi connectivity index (χ0v) is 8.53. The van der Waals surface area contributed by atoms with Gasteiger partial charge in [-0.3, -0.25) is 4.98 Å². The molecule has 0 fully saturated rings. The van der Waals surface area contributed by atoms with Crippen LogP contribution in [0.1, 0.15) is 5.56 Å². The van der Waals surface area contributed by atoms with Crippen molar-refractivity contribution in [1.29, 1.82) is 0 Å². The smallest absolute Gasteiger partial charge is 0.0271 e. The molecule has 1 rings (SSSR count). The molecule has 0 bridgehead atoms. The molecule has 0 radical (unpaired) electrons. The first-order valence-electron chi connectivity index (χ1n) is 4.82. The molecule has 0 spiro atoms. The van der Waals surface area contributed by atoms with Crippen LogP contribution in [0.3, 0.4) is 0 Å². The number of rotatable bonds is 6. The Hall–Kier alpha value is -1.19. The Morgan fingerprint density at radius 3 is 2.64 bits per heavy atom. The summed E-state index contributed by atoms with van der Waals surface area (Å²) in [6, 6.07) is 4.04. The minimum atomic E-state index is 0.895. The summed E-state index contributed by atoms with van der Waals surface area (Å²) in [7, 11) is 1.94. The summed E-state index contributed by atoms with van der Waals surface area (Å²) >= 11 is 0. The third kappa shape index (κ3) is 4.74. The lowest BCUT2D eigenvalue weighted by Gasteiger charge is -2.00. The number of likely N-dealkylation sites (N-methyl/N-ethyl adjacent to an activating group) is 1. The molecule has 0 saturated heterocycles. The Kier molecular flexibility index (Phi) is 5.63. The SMILES string of the molecule is CNC/C=C/CNCc1ccncc1. The third-order valence-corrected chi connectivity index (χ3v) is 1.83. The Labute approximate surface area is 85.3 Å². The molecule has 0 saturated carbocycles. The van der Waals surface area contributed by atoms with E-state index < -0.39 is 0 Å². The Morgan fingerprint density at radius 1 is 1.21 bits per heavy atom. The van der Waals surface area contributed by atoms with Crippen LogP contribution in [0.15, 0.2) is 36.7 Å². The van der Waals surface area contributed by atoms with Crippen molar-refractivity contribution in [1.82, 2.24) is 15.6 Å². The first kappa shape index (κ1) is 10.9. The van der Waals surface area contributed by atoms with Crippen LogP contribution in [0.5, 0.6) is 0 Å². The summed E-state index contributed by atoms with van der Waals surface area (Å²) in [5.41, 5.74) is 1.27.